The maximum atomic E-state index is 6.35. The molecule has 0 spiro atoms. The minimum absolute atomic E-state index is 0. The molecule has 0 unspecified atom stereocenters. The van der Waals surface area contributed by atoms with E-state index in [1.807, 2.05) is 47.4 Å². The Morgan fingerprint density at radius 3 is 2.29 bits per heavy atom. The van der Waals surface area contributed by atoms with Crippen molar-refractivity contribution in [2.24, 2.45) is 0 Å². The molecule has 0 aliphatic carbocycles. The molecule has 3 heterocycles. The van der Waals surface area contributed by atoms with Gasteiger partial charge >= 0.3 is 21.1 Å². The van der Waals surface area contributed by atoms with Crippen LogP contribution in [0, 0.1) is 32.9 Å². The van der Waals surface area contributed by atoms with Gasteiger partial charge in [0.05, 0.1) is 6.20 Å². The molecule has 0 radical (unpaired) electrons. The van der Waals surface area contributed by atoms with Gasteiger partial charge in [0.25, 0.3) is 0 Å². The SMILES string of the molecule is Cc1ccnc(-n2c3[c-]c(Oc4[c-]c(-n5cc(-c6c(C)cc(C(C)(C)C)cc6C)cn5)ccc4)ccc3c3ccccc32)c1.[Pt+2]. The van der Waals surface area contributed by atoms with Crippen LogP contribution in [-0.4, -0.2) is 19.3 Å². The Labute approximate surface area is 278 Å². The van der Waals surface area contributed by atoms with Crippen LogP contribution in [0.3, 0.4) is 0 Å². The zero-order valence-electron chi connectivity index (χ0n) is 26.3. The topological polar surface area (TPSA) is 44.9 Å². The molecule has 4 aromatic carbocycles. The molecule has 7 aromatic rings. The zero-order valence-corrected chi connectivity index (χ0v) is 28.5. The Morgan fingerprint density at radius 1 is 0.778 bits per heavy atom. The molecule has 0 bridgehead atoms. The number of pyridine rings is 1. The van der Waals surface area contributed by atoms with E-state index in [1.165, 1.54) is 22.3 Å². The average Bonchev–Trinajstić information content (AvgIpc) is 3.59. The van der Waals surface area contributed by atoms with Crippen molar-refractivity contribution in [1.29, 1.82) is 0 Å². The summed E-state index contributed by atoms with van der Waals surface area (Å²) in [6.45, 7) is 13.2. The number of rotatable bonds is 5. The van der Waals surface area contributed by atoms with E-state index in [4.69, 9.17) is 9.84 Å². The molecule has 0 saturated heterocycles. The first-order valence-electron chi connectivity index (χ1n) is 14.9. The molecule has 0 N–H and O–H groups in total. The molecular weight excluding hydrogens is 736 g/mol. The summed E-state index contributed by atoms with van der Waals surface area (Å²) in [7, 11) is 0. The van der Waals surface area contributed by atoms with Gasteiger partial charge in [0.15, 0.2) is 0 Å². The van der Waals surface area contributed by atoms with Crippen LogP contribution in [0.15, 0.2) is 97.5 Å². The summed E-state index contributed by atoms with van der Waals surface area (Å²) in [5, 5.41) is 6.94. The maximum absolute atomic E-state index is 6.35. The van der Waals surface area contributed by atoms with Crippen molar-refractivity contribution >= 4 is 21.8 Å². The molecular formula is C39H34N4OPt. The van der Waals surface area contributed by atoms with Crippen LogP contribution in [0.4, 0.5) is 0 Å². The van der Waals surface area contributed by atoms with Crippen molar-refractivity contribution in [2.75, 3.05) is 0 Å². The van der Waals surface area contributed by atoms with Gasteiger partial charge in [0.2, 0.25) is 0 Å². The Balaban J connectivity index is 0.00000357. The molecule has 226 valence electrons. The van der Waals surface area contributed by atoms with E-state index in [2.05, 4.69) is 118 Å². The molecule has 45 heavy (non-hydrogen) atoms. The number of fused-ring (bicyclic) bond motifs is 3. The Morgan fingerprint density at radius 2 is 1.53 bits per heavy atom. The minimum Gasteiger partial charge on any atom is -0.509 e. The van der Waals surface area contributed by atoms with E-state index in [0.717, 1.165) is 44.4 Å². The fourth-order valence-electron chi connectivity index (χ4n) is 6.00. The van der Waals surface area contributed by atoms with E-state index in [-0.39, 0.29) is 26.5 Å². The average molecular weight is 770 g/mol. The largest absolute Gasteiger partial charge is 2.00 e. The van der Waals surface area contributed by atoms with Gasteiger partial charge in [-0.3, -0.25) is 4.68 Å². The fourth-order valence-corrected chi connectivity index (χ4v) is 6.00. The number of hydrogen-bond acceptors (Lipinski definition) is 3. The molecule has 0 aliphatic rings. The molecule has 6 heteroatoms. The summed E-state index contributed by atoms with van der Waals surface area (Å²) in [6, 6.07) is 33.9. The molecule has 7 rings (SSSR count). The Hall–Kier alpha value is -4.47. The van der Waals surface area contributed by atoms with Crippen molar-refractivity contribution in [3.8, 4) is 34.1 Å². The van der Waals surface area contributed by atoms with Gasteiger partial charge in [-0.2, -0.15) is 17.2 Å². The van der Waals surface area contributed by atoms with Crippen molar-refractivity contribution in [1.82, 2.24) is 19.3 Å². The van der Waals surface area contributed by atoms with Crippen LogP contribution in [0.5, 0.6) is 11.5 Å². The van der Waals surface area contributed by atoms with Crippen LogP contribution in [-0.2, 0) is 26.5 Å². The maximum Gasteiger partial charge on any atom is 2.00 e. The van der Waals surface area contributed by atoms with Gasteiger partial charge in [0, 0.05) is 35.0 Å². The summed E-state index contributed by atoms with van der Waals surface area (Å²) in [5.74, 6) is 2.05. The third kappa shape index (κ3) is 5.73. The second-order valence-electron chi connectivity index (χ2n) is 12.5. The van der Waals surface area contributed by atoms with Gasteiger partial charge in [0.1, 0.15) is 5.82 Å². The molecule has 5 nitrogen and oxygen atoms in total. The van der Waals surface area contributed by atoms with Crippen LogP contribution < -0.4 is 4.74 Å². The van der Waals surface area contributed by atoms with Crippen molar-refractivity contribution < 1.29 is 25.8 Å². The van der Waals surface area contributed by atoms with Gasteiger partial charge < -0.3 is 9.30 Å². The summed E-state index contributed by atoms with van der Waals surface area (Å²) < 4.78 is 10.3. The van der Waals surface area contributed by atoms with Crippen molar-refractivity contribution in [3.05, 3.63) is 132 Å². The molecule has 0 aliphatic heterocycles. The fraction of sp³-hybridized carbons (Fsp3) is 0.179. The Kier molecular flexibility index (Phi) is 8.01. The third-order valence-electron chi connectivity index (χ3n) is 8.18. The first-order valence-corrected chi connectivity index (χ1v) is 14.9. The van der Waals surface area contributed by atoms with Crippen molar-refractivity contribution in [3.63, 3.8) is 0 Å². The second kappa shape index (κ2) is 11.8. The zero-order chi connectivity index (χ0) is 30.6. The van der Waals surface area contributed by atoms with E-state index < -0.39 is 0 Å². The van der Waals surface area contributed by atoms with Crippen molar-refractivity contribution in [2.45, 2.75) is 47.0 Å². The number of para-hydroxylation sites is 1. The number of ether oxygens (including phenoxy) is 1. The standard InChI is InChI=1S/C39H34N4O.Pt/c1-25-16-17-40-37(18-25)43-35-13-8-7-12-33(35)34-15-14-32(22-36(34)43)44-31-11-9-10-30(21-31)42-24-28(23-41-42)38-26(2)19-29(20-27(38)3)39(4,5)6;/h7-20,23-24H,1-6H3;/q-2;+2. The van der Waals surface area contributed by atoms with Crippen LogP contribution in [0.1, 0.15) is 43.0 Å². The van der Waals surface area contributed by atoms with E-state index in [0.29, 0.717) is 11.5 Å². The number of aryl methyl sites for hydroxylation is 3. The van der Waals surface area contributed by atoms with Crippen LogP contribution in [0.2, 0.25) is 0 Å². The van der Waals surface area contributed by atoms with E-state index >= 15 is 0 Å². The summed E-state index contributed by atoms with van der Waals surface area (Å²) in [4.78, 5) is 4.68. The molecule has 0 saturated carbocycles. The van der Waals surface area contributed by atoms with Gasteiger partial charge in [-0.05, 0) is 83.3 Å². The van der Waals surface area contributed by atoms with E-state index in [1.54, 1.807) is 0 Å². The van der Waals surface area contributed by atoms with Crippen LogP contribution in [0.25, 0.3) is 44.4 Å². The van der Waals surface area contributed by atoms with Gasteiger partial charge in [-0.15, -0.1) is 35.7 Å². The second-order valence-corrected chi connectivity index (χ2v) is 12.5. The predicted octanol–water partition coefficient (Wildman–Crippen LogP) is 9.64. The van der Waals surface area contributed by atoms with Gasteiger partial charge in [-0.25, -0.2) is 4.98 Å². The predicted molar refractivity (Wildman–Crippen MR) is 178 cm³/mol. The molecule has 0 atom stereocenters. The smallest absolute Gasteiger partial charge is 0.509 e. The molecule has 0 amide bonds. The normalized spacial score (nSPS) is 11.6. The third-order valence-corrected chi connectivity index (χ3v) is 8.18. The molecule has 3 aromatic heterocycles. The minimum atomic E-state index is 0. The van der Waals surface area contributed by atoms with E-state index in [9.17, 15) is 0 Å². The monoisotopic (exact) mass is 769 g/mol. The molecule has 0 fully saturated rings. The number of benzene rings is 4. The summed E-state index contributed by atoms with van der Waals surface area (Å²) in [6.07, 6.45) is 5.83. The Bertz CT molecular complexity index is 2160. The number of aromatic nitrogens is 4. The van der Waals surface area contributed by atoms with Gasteiger partial charge in [-0.1, -0.05) is 56.6 Å². The summed E-state index contributed by atoms with van der Waals surface area (Å²) in [5.41, 5.74) is 10.2. The number of nitrogens with zero attached hydrogens (tertiary/aromatic N) is 4. The summed E-state index contributed by atoms with van der Waals surface area (Å²) >= 11 is 0. The first kappa shape index (κ1) is 30.6. The quantitative estimate of drug-likeness (QED) is 0.164. The number of hydrogen-bond donors (Lipinski definition) is 0. The van der Waals surface area contributed by atoms with Crippen LogP contribution >= 0.6 is 0 Å². The first-order chi connectivity index (χ1) is 21.2.